The van der Waals surface area contributed by atoms with Crippen molar-refractivity contribution in [3.63, 3.8) is 0 Å². The van der Waals surface area contributed by atoms with E-state index in [2.05, 4.69) is 24.5 Å². The zero-order chi connectivity index (χ0) is 9.71. The summed E-state index contributed by atoms with van der Waals surface area (Å²) >= 11 is 0. The molecule has 3 aliphatic rings. The van der Waals surface area contributed by atoms with Crippen molar-refractivity contribution >= 4 is 0 Å². The SMILES string of the molecule is CC(C)CNC1C2CC3CNC1C3C2. The zero-order valence-electron chi connectivity index (χ0n) is 9.29. The second-order valence-corrected chi connectivity index (χ2v) is 5.92. The standard InChI is InChI=1S/C12H22N2/c1-7(2)5-13-11-8-3-9-6-14-12(11)10(9)4-8/h7-14H,3-6H2,1-2H3. The van der Waals surface area contributed by atoms with Crippen LogP contribution in [0.25, 0.3) is 0 Å². The van der Waals surface area contributed by atoms with Gasteiger partial charge in [-0.2, -0.15) is 0 Å². The highest BCUT2D eigenvalue weighted by Gasteiger charge is 2.55. The van der Waals surface area contributed by atoms with Crippen molar-refractivity contribution in [2.24, 2.45) is 23.7 Å². The monoisotopic (exact) mass is 194 g/mol. The Morgan fingerprint density at radius 1 is 1.29 bits per heavy atom. The van der Waals surface area contributed by atoms with E-state index in [1.54, 1.807) is 0 Å². The number of hydrogen-bond donors (Lipinski definition) is 2. The normalized spacial score (nSPS) is 49.5. The topological polar surface area (TPSA) is 24.1 Å². The largest absolute Gasteiger partial charge is 0.312 e. The molecule has 1 heterocycles. The third-order valence-electron chi connectivity index (χ3n) is 4.52. The van der Waals surface area contributed by atoms with Crippen molar-refractivity contribution in [1.82, 2.24) is 10.6 Å². The molecule has 2 aliphatic carbocycles. The van der Waals surface area contributed by atoms with Crippen molar-refractivity contribution in [2.75, 3.05) is 13.1 Å². The molecule has 2 N–H and O–H groups in total. The van der Waals surface area contributed by atoms with Crippen LogP contribution >= 0.6 is 0 Å². The first-order valence-electron chi connectivity index (χ1n) is 6.22. The minimum absolute atomic E-state index is 0.784. The van der Waals surface area contributed by atoms with Gasteiger partial charge < -0.3 is 10.6 Å². The fourth-order valence-electron chi connectivity index (χ4n) is 3.96. The quantitative estimate of drug-likeness (QED) is 0.706. The van der Waals surface area contributed by atoms with Crippen LogP contribution in [0.2, 0.25) is 0 Å². The van der Waals surface area contributed by atoms with E-state index in [9.17, 15) is 0 Å². The number of nitrogens with one attached hydrogen (secondary N) is 2. The Kier molecular flexibility index (Phi) is 2.10. The first-order chi connectivity index (χ1) is 6.75. The summed E-state index contributed by atoms with van der Waals surface area (Å²) in [5.41, 5.74) is 0. The molecule has 2 bridgehead atoms. The summed E-state index contributed by atoms with van der Waals surface area (Å²) in [5.74, 6) is 3.82. The lowest BCUT2D eigenvalue weighted by molar-refractivity contribution is 0.289. The summed E-state index contributed by atoms with van der Waals surface area (Å²) in [5, 5.41) is 7.50. The maximum Gasteiger partial charge on any atom is 0.0255 e. The van der Waals surface area contributed by atoms with Gasteiger partial charge in [-0.15, -0.1) is 0 Å². The lowest BCUT2D eigenvalue weighted by Gasteiger charge is -2.29. The lowest BCUT2D eigenvalue weighted by atomic mass is 9.86. The molecule has 0 radical (unpaired) electrons. The van der Waals surface area contributed by atoms with E-state index < -0.39 is 0 Å². The molecule has 0 aromatic carbocycles. The minimum Gasteiger partial charge on any atom is -0.312 e. The maximum absolute atomic E-state index is 3.78. The molecule has 2 nitrogen and oxygen atoms in total. The molecule has 3 fully saturated rings. The van der Waals surface area contributed by atoms with Crippen LogP contribution in [-0.4, -0.2) is 25.2 Å². The molecule has 2 saturated carbocycles. The average molecular weight is 194 g/mol. The Hall–Kier alpha value is -0.0800. The molecule has 0 aromatic rings. The summed E-state index contributed by atoms with van der Waals surface area (Å²) in [4.78, 5) is 0. The van der Waals surface area contributed by atoms with E-state index in [1.165, 1.54) is 25.9 Å². The van der Waals surface area contributed by atoms with Crippen LogP contribution in [0.1, 0.15) is 26.7 Å². The zero-order valence-corrected chi connectivity index (χ0v) is 9.29. The molecule has 1 saturated heterocycles. The van der Waals surface area contributed by atoms with Gasteiger partial charge in [0, 0.05) is 12.1 Å². The summed E-state index contributed by atoms with van der Waals surface area (Å²) in [6.07, 6.45) is 2.99. The van der Waals surface area contributed by atoms with Crippen LogP contribution in [0.4, 0.5) is 0 Å². The van der Waals surface area contributed by atoms with Crippen molar-refractivity contribution in [3.8, 4) is 0 Å². The van der Waals surface area contributed by atoms with Crippen LogP contribution in [0.5, 0.6) is 0 Å². The number of fused-ring (bicyclic) bond motifs is 1. The van der Waals surface area contributed by atoms with E-state index >= 15 is 0 Å². The lowest BCUT2D eigenvalue weighted by Crippen LogP contribution is -2.48. The highest BCUT2D eigenvalue weighted by Crippen LogP contribution is 2.51. The molecule has 80 valence electrons. The molecule has 5 atom stereocenters. The Labute approximate surface area is 86.8 Å². The highest BCUT2D eigenvalue weighted by molar-refractivity contribution is 5.12. The molecular formula is C12H22N2. The summed E-state index contributed by atoms with van der Waals surface area (Å²) in [7, 11) is 0. The van der Waals surface area contributed by atoms with Gasteiger partial charge in [0.15, 0.2) is 0 Å². The van der Waals surface area contributed by atoms with E-state index in [0.29, 0.717) is 0 Å². The third kappa shape index (κ3) is 1.24. The minimum atomic E-state index is 0.784. The highest BCUT2D eigenvalue weighted by atomic mass is 15.1. The second-order valence-electron chi connectivity index (χ2n) is 5.92. The molecule has 0 amide bonds. The number of hydrogen-bond acceptors (Lipinski definition) is 2. The van der Waals surface area contributed by atoms with Crippen molar-refractivity contribution in [2.45, 2.75) is 38.8 Å². The van der Waals surface area contributed by atoms with Crippen molar-refractivity contribution < 1.29 is 0 Å². The molecule has 0 aromatic heterocycles. The van der Waals surface area contributed by atoms with Crippen molar-refractivity contribution in [3.05, 3.63) is 0 Å². The average Bonchev–Trinajstić information content (AvgIpc) is 2.70. The van der Waals surface area contributed by atoms with Crippen LogP contribution in [0.15, 0.2) is 0 Å². The molecule has 3 rings (SSSR count). The fraction of sp³-hybridized carbons (Fsp3) is 1.00. The Bertz CT molecular complexity index is 224. The van der Waals surface area contributed by atoms with E-state index in [1.807, 2.05) is 0 Å². The third-order valence-corrected chi connectivity index (χ3v) is 4.52. The molecular weight excluding hydrogens is 172 g/mol. The smallest absolute Gasteiger partial charge is 0.0255 e. The Balaban J connectivity index is 1.65. The molecule has 5 unspecified atom stereocenters. The second kappa shape index (κ2) is 3.21. The predicted molar refractivity (Wildman–Crippen MR) is 58.1 cm³/mol. The molecule has 2 heteroatoms. The first-order valence-corrected chi connectivity index (χ1v) is 6.22. The van der Waals surface area contributed by atoms with E-state index in [4.69, 9.17) is 0 Å². The summed E-state index contributed by atoms with van der Waals surface area (Å²) < 4.78 is 0. The van der Waals surface area contributed by atoms with Gasteiger partial charge in [0.1, 0.15) is 0 Å². The van der Waals surface area contributed by atoms with E-state index in [-0.39, 0.29) is 0 Å². The van der Waals surface area contributed by atoms with Gasteiger partial charge in [-0.05, 0) is 49.6 Å². The van der Waals surface area contributed by atoms with E-state index in [0.717, 1.165) is 35.8 Å². The Morgan fingerprint density at radius 2 is 2.14 bits per heavy atom. The molecule has 0 spiro atoms. The van der Waals surface area contributed by atoms with Gasteiger partial charge in [-0.3, -0.25) is 0 Å². The number of rotatable bonds is 3. The van der Waals surface area contributed by atoms with Crippen LogP contribution in [0, 0.1) is 23.7 Å². The van der Waals surface area contributed by atoms with Gasteiger partial charge in [-0.25, -0.2) is 0 Å². The van der Waals surface area contributed by atoms with Crippen LogP contribution < -0.4 is 10.6 Å². The van der Waals surface area contributed by atoms with Gasteiger partial charge >= 0.3 is 0 Å². The predicted octanol–water partition coefficient (Wildman–Crippen LogP) is 1.23. The van der Waals surface area contributed by atoms with Crippen LogP contribution in [-0.2, 0) is 0 Å². The maximum atomic E-state index is 3.78. The van der Waals surface area contributed by atoms with Gasteiger partial charge in [-0.1, -0.05) is 13.8 Å². The first kappa shape index (κ1) is 9.17. The molecule has 14 heavy (non-hydrogen) atoms. The van der Waals surface area contributed by atoms with Gasteiger partial charge in [0.2, 0.25) is 0 Å². The molecule has 1 aliphatic heterocycles. The van der Waals surface area contributed by atoms with Gasteiger partial charge in [0.05, 0.1) is 0 Å². The van der Waals surface area contributed by atoms with Gasteiger partial charge in [0.25, 0.3) is 0 Å². The van der Waals surface area contributed by atoms with Crippen LogP contribution in [0.3, 0.4) is 0 Å². The van der Waals surface area contributed by atoms with Crippen molar-refractivity contribution in [1.29, 1.82) is 0 Å². The summed E-state index contributed by atoms with van der Waals surface area (Å²) in [6, 6.07) is 1.61. The Morgan fingerprint density at radius 3 is 2.93 bits per heavy atom. The summed E-state index contributed by atoms with van der Waals surface area (Å²) in [6.45, 7) is 7.08. The fourth-order valence-corrected chi connectivity index (χ4v) is 3.96.